The molecule has 2 saturated heterocycles. The van der Waals surface area contributed by atoms with Crippen molar-refractivity contribution in [1.29, 1.82) is 0 Å². The molecule has 2 heterocycles. The Labute approximate surface area is 87.9 Å². The van der Waals surface area contributed by atoms with E-state index in [9.17, 15) is 5.11 Å². The minimum absolute atomic E-state index is 0.374. The minimum Gasteiger partial charge on any atom is -0.394 e. The quantitative estimate of drug-likeness (QED) is 0.560. The van der Waals surface area contributed by atoms with E-state index in [0.717, 1.165) is 0 Å². The zero-order chi connectivity index (χ0) is 11.3. The molecule has 5 heteroatoms. The van der Waals surface area contributed by atoms with Crippen molar-refractivity contribution >= 4 is 0 Å². The van der Waals surface area contributed by atoms with Crippen molar-refractivity contribution in [2.24, 2.45) is 0 Å². The fraction of sp³-hybridized carbons (Fsp3) is 0.800. The molecule has 0 bridgehead atoms. The fourth-order valence-corrected chi connectivity index (χ4v) is 1.93. The van der Waals surface area contributed by atoms with Gasteiger partial charge >= 0.3 is 0 Å². The van der Waals surface area contributed by atoms with Gasteiger partial charge in [-0.3, -0.25) is 0 Å². The summed E-state index contributed by atoms with van der Waals surface area (Å²) in [5.41, 5.74) is -1.63. The van der Waals surface area contributed by atoms with E-state index in [1.807, 2.05) is 0 Å². The number of hydrogen-bond donors (Lipinski definition) is 2. The molecule has 1 unspecified atom stereocenters. The van der Waals surface area contributed by atoms with Crippen molar-refractivity contribution < 1.29 is 24.4 Å². The number of aliphatic hydroxyl groups excluding tert-OH is 1. The van der Waals surface area contributed by atoms with Gasteiger partial charge in [-0.1, -0.05) is 5.92 Å². The van der Waals surface area contributed by atoms with E-state index in [1.54, 1.807) is 13.8 Å². The smallest absolute Gasteiger partial charge is 0.191 e. The van der Waals surface area contributed by atoms with Gasteiger partial charge in [0, 0.05) is 0 Å². The van der Waals surface area contributed by atoms with Gasteiger partial charge in [0.25, 0.3) is 0 Å². The van der Waals surface area contributed by atoms with Crippen LogP contribution >= 0.6 is 0 Å². The number of ether oxygens (including phenoxy) is 3. The summed E-state index contributed by atoms with van der Waals surface area (Å²) < 4.78 is 16.1. The number of aliphatic hydroxyl groups is 2. The summed E-state index contributed by atoms with van der Waals surface area (Å²) in [4.78, 5) is 0. The number of terminal acetylenes is 1. The van der Waals surface area contributed by atoms with Gasteiger partial charge in [0.2, 0.25) is 0 Å². The molecule has 0 saturated carbocycles. The third kappa shape index (κ3) is 1.46. The molecule has 0 aromatic rings. The third-order valence-corrected chi connectivity index (χ3v) is 2.68. The Balaban J connectivity index is 2.27. The molecule has 0 radical (unpaired) electrons. The Bertz CT molecular complexity index is 307. The topological polar surface area (TPSA) is 68.2 Å². The zero-order valence-corrected chi connectivity index (χ0v) is 8.64. The standard InChI is InChI=1S/C10H14O5/c1-4-10(12)6(5-11)13-8-7(10)14-9(2,3)15-8/h1,6-8,11-12H,5H2,2-3H3/t6-,7+,8-,10?/m1/s1. The molecular weight excluding hydrogens is 200 g/mol. The molecule has 4 atom stereocenters. The lowest BCUT2D eigenvalue weighted by atomic mass is 9.94. The van der Waals surface area contributed by atoms with Crippen molar-refractivity contribution in [3.05, 3.63) is 0 Å². The Morgan fingerprint density at radius 1 is 1.40 bits per heavy atom. The lowest BCUT2D eigenvalue weighted by molar-refractivity contribution is -0.225. The fourth-order valence-electron chi connectivity index (χ4n) is 1.93. The molecule has 0 aromatic carbocycles. The first-order valence-electron chi connectivity index (χ1n) is 4.75. The van der Waals surface area contributed by atoms with Crippen molar-refractivity contribution in [2.45, 2.75) is 43.7 Å². The first-order chi connectivity index (χ1) is 6.93. The second-order valence-corrected chi connectivity index (χ2v) is 4.20. The van der Waals surface area contributed by atoms with Crippen LogP contribution in [-0.2, 0) is 14.2 Å². The second kappa shape index (κ2) is 3.17. The molecule has 0 aromatic heterocycles. The van der Waals surface area contributed by atoms with Crippen molar-refractivity contribution in [2.75, 3.05) is 6.61 Å². The summed E-state index contributed by atoms with van der Waals surface area (Å²) in [6, 6.07) is 0. The molecule has 2 aliphatic rings. The monoisotopic (exact) mass is 214 g/mol. The molecule has 0 amide bonds. The molecule has 84 valence electrons. The van der Waals surface area contributed by atoms with Crippen LogP contribution in [-0.4, -0.2) is 46.7 Å². The maximum Gasteiger partial charge on any atom is 0.191 e. The van der Waals surface area contributed by atoms with Crippen molar-refractivity contribution in [3.8, 4) is 12.3 Å². The maximum atomic E-state index is 10.1. The van der Waals surface area contributed by atoms with Gasteiger partial charge < -0.3 is 24.4 Å². The molecule has 2 N–H and O–H groups in total. The molecule has 0 spiro atoms. The van der Waals surface area contributed by atoms with Crippen molar-refractivity contribution in [3.63, 3.8) is 0 Å². The van der Waals surface area contributed by atoms with Crippen LogP contribution in [0.2, 0.25) is 0 Å². The average Bonchev–Trinajstić information content (AvgIpc) is 2.60. The number of rotatable bonds is 1. The molecule has 2 rings (SSSR count). The van der Waals surface area contributed by atoms with Crippen LogP contribution < -0.4 is 0 Å². The van der Waals surface area contributed by atoms with Crippen LogP contribution in [0.3, 0.4) is 0 Å². The van der Waals surface area contributed by atoms with Gasteiger partial charge in [-0.25, -0.2) is 0 Å². The predicted octanol–water partition coefficient (Wildman–Crippen LogP) is -0.781. The Kier molecular flexibility index (Phi) is 2.30. The molecule has 0 aliphatic carbocycles. The minimum atomic E-state index is -1.63. The Morgan fingerprint density at radius 3 is 2.60 bits per heavy atom. The van der Waals surface area contributed by atoms with Crippen LogP contribution in [0.4, 0.5) is 0 Å². The van der Waals surface area contributed by atoms with Crippen molar-refractivity contribution in [1.82, 2.24) is 0 Å². The third-order valence-electron chi connectivity index (χ3n) is 2.68. The van der Waals surface area contributed by atoms with E-state index in [-0.39, 0.29) is 6.61 Å². The second-order valence-electron chi connectivity index (χ2n) is 4.20. The van der Waals surface area contributed by atoms with Crippen LogP contribution in [0, 0.1) is 12.3 Å². The summed E-state index contributed by atoms with van der Waals surface area (Å²) in [6.45, 7) is 3.04. The van der Waals surface area contributed by atoms with Gasteiger partial charge in [-0.15, -0.1) is 6.42 Å². The van der Waals surface area contributed by atoms with Gasteiger partial charge in [0.1, 0.15) is 6.10 Å². The van der Waals surface area contributed by atoms with Gasteiger partial charge in [-0.2, -0.15) is 0 Å². The predicted molar refractivity (Wildman–Crippen MR) is 49.6 cm³/mol. The van der Waals surface area contributed by atoms with Crippen LogP contribution in [0.15, 0.2) is 0 Å². The Morgan fingerprint density at radius 2 is 2.07 bits per heavy atom. The number of hydrogen-bond acceptors (Lipinski definition) is 5. The molecule has 2 fully saturated rings. The lowest BCUT2D eigenvalue weighted by Gasteiger charge is -2.28. The summed E-state index contributed by atoms with van der Waals surface area (Å²) in [7, 11) is 0. The van der Waals surface area contributed by atoms with Crippen LogP contribution in [0.25, 0.3) is 0 Å². The first kappa shape index (κ1) is 10.9. The highest BCUT2D eigenvalue weighted by Crippen LogP contribution is 2.42. The highest BCUT2D eigenvalue weighted by molar-refractivity contribution is 5.21. The van der Waals surface area contributed by atoms with E-state index in [0.29, 0.717) is 0 Å². The molecule has 15 heavy (non-hydrogen) atoms. The lowest BCUT2D eigenvalue weighted by Crippen LogP contribution is -2.49. The normalized spacial score (nSPS) is 47.5. The summed E-state index contributed by atoms with van der Waals surface area (Å²) in [5, 5.41) is 19.2. The zero-order valence-electron chi connectivity index (χ0n) is 8.64. The molecule has 2 aliphatic heterocycles. The summed E-state index contributed by atoms with van der Waals surface area (Å²) in [5.74, 6) is 1.38. The van der Waals surface area contributed by atoms with Crippen LogP contribution in [0.1, 0.15) is 13.8 Å². The summed E-state index contributed by atoms with van der Waals surface area (Å²) >= 11 is 0. The maximum absolute atomic E-state index is 10.1. The average molecular weight is 214 g/mol. The molecular formula is C10H14O5. The van der Waals surface area contributed by atoms with E-state index < -0.39 is 29.9 Å². The van der Waals surface area contributed by atoms with Gasteiger partial charge in [0.05, 0.1) is 6.61 Å². The molecule has 5 nitrogen and oxygen atoms in total. The van der Waals surface area contributed by atoms with E-state index in [1.165, 1.54) is 0 Å². The van der Waals surface area contributed by atoms with Crippen LogP contribution in [0.5, 0.6) is 0 Å². The SMILES string of the molecule is C#CC1(O)[C@@H](CO)O[C@@H]2OC(C)(C)O[C@@H]21. The largest absolute Gasteiger partial charge is 0.394 e. The van der Waals surface area contributed by atoms with E-state index in [4.69, 9.17) is 25.7 Å². The van der Waals surface area contributed by atoms with Gasteiger partial charge in [-0.05, 0) is 13.8 Å². The van der Waals surface area contributed by atoms with Gasteiger partial charge in [0.15, 0.2) is 23.8 Å². The highest BCUT2D eigenvalue weighted by Gasteiger charge is 2.62. The van der Waals surface area contributed by atoms with E-state index in [2.05, 4.69) is 5.92 Å². The van der Waals surface area contributed by atoms with E-state index >= 15 is 0 Å². The highest BCUT2D eigenvalue weighted by atomic mass is 16.8. The number of fused-ring (bicyclic) bond motifs is 1. The summed E-state index contributed by atoms with van der Waals surface area (Å²) in [6.07, 6.45) is 2.91. The first-order valence-corrected chi connectivity index (χ1v) is 4.75. The Hall–Kier alpha value is -0.640.